The molecule has 0 fully saturated rings. The van der Waals surface area contributed by atoms with Gasteiger partial charge < -0.3 is 4.74 Å². The molecule has 0 saturated carbocycles. The Morgan fingerprint density at radius 2 is 1.46 bits per heavy atom. The van der Waals surface area contributed by atoms with Crippen LogP contribution in [0.5, 0.6) is 0 Å². The molecule has 0 saturated heterocycles. The number of aryl methyl sites for hydroxylation is 1. The summed E-state index contributed by atoms with van der Waals surface area (Å²) in [6, 6.07) is 27.8. The molecule has 3 aromatic carbocycles. The highest BCUT2D eigenvalue weighted by Gasteiger charge is 2.38. The standard InChI is InChI=1S/C23H22O2S/c1-18-13-15-21(16-14-18)26-23(2,20-11-7-4-8-12-20)22(24)25-17-19-9-5-3-6-10-19/h3-16H,17H2,1-2H3. The fourth-order valence-corrected chi connectivity index (χ4v) is 3.82. The first-order valence-electron chi connectivity index (χ1n) is 8.60. The van der Waals surface area contributed by atoms with Gasteiger partial charge in [-0.15, -0.1) is 11.8 Å². The minimum atomic E-state index is -0.814. The van der Waals surface area contributed by atoms with Crippen LogP contribution in [0.15, 0.2) is 89.8 Å². The van der Waals surface area contributed by atoms with Gasteiger partial charge in [0.15, 0.2) is 0 Å². The fraction of sp³-hybridized carbons (Fsp3) is 0.174. The summed E-state index contributed by atoms with van der Waals surface area (Å²) in [6.45, 7) is 4.26. The molecule has 0 aromatic heterocycles. The number of carbonyl (C=O) groups excluding carboxylic acids is 1. The summed E-state index contributed by atoms with van der Waals surface area (Å²) in [5.41, 5.74) is 3.11. The average Bonchev–Trinajstić information content (AvgIpc) is 2.69. The van der Waals surface area contributed by atoms with Crippen molar-refractivity contribution in [1.82, 2.24) is 0 Å². The Morgan fingerprint density at radius 1 is 0.885 bits per heavy atom. The van der Waals surface area contributed by atoms with Crippen LogP contribution in [0.4, 0.5) is 0 Å². The number of hydrogen-bond donors (Lipinski definition) is 0. The van der Waals surface area contributed by atoms with E-state index in [-0.39, 0.29) is 12.6 Å². The SMILES string of the molecule is Cc1ccc(SC(C)(C(=O)OCc2ccccc2)c2ccccc2)cc1. The Hall–Kier alpha value is -2.52. The Kier molecular flexibility index (Phi) is 5.79. The van der Waals surface area contributed by atoms with Gasteiger partial charge in [-0.25, -0.2) is 0 Å². The van der Waals surface area contributed by atoms with Crippen LogP contribution < -0.4 is 0 Å². The lowest BCUT2D eigenvalue weighted by Crippen LogP contribution is -2.31. The van der Waals surface area contributed by atoms with Crippen molar-refractivity contribution in [2.24, 2.45) is 0 Å². The summed E-state index contributed by atoms with van der Waals surface area (Å²) in [7, 11) is 0. The van der Waals surface area contributed by atoms with Gasteiger partial charge >= 0.3 is 5.97 Å². The second-order valence-electron chi connectivity index (χ2n) is 6.38. The molecule has 0 amide bonds. The molecule has 1 atom stereocenters. The number of thioether (sulfide) groups is 1. The van der Waals surface area contributed by atoms with Crippen LogP contribution in [0.3, 0.4) is 0 Å². The maximum Gasteiger partial charge on any atom is 0.327 e. The lowest BCUT2D eigenvalue weighted by atomic mass is 10.0. The lowest BCUT2D eigenvalue weighted by molar-refractivity contribution is -0.147. The number of esters is 1. The van der Waals surface area contributed by atoms with E-state index < -0.39 is 4.75 Å². The summed E-state index contributed by atoms with van der Waals surface area (Å²) in [6.07, 6.45) is 0. The predicted octanol–water partition coefficient (Wildman–Crippen LogP) is 5.75. The summed E-state index contributed by atoms with van der Waals surface area (Å²) in [5.74, 6) is -0.238. The van der Waals surface area contributed by atoms with Gasteiger partial charge in [-0.05, 0) is 37.1 Å². The summed E-state index contributed by atoms with van der Waals surface area (Å²) in [5, 5.41) is 0. The van der Waals surface area contributed by atoms with Crippen molar-refractivity contribution in [2.45, 2.75) is 30.1 Å². The minimum absolute atomic E-state index is 0.238. The summed E-state index contributed by atoms with van der Waals surface area (Å²) in [4.78, 5) is 14.1. The van der Waals surface area contributed by atoms with Crippen molar-refractivity contribution in [3.05, 3.63) is 102 Å². The summed E-state index contributed by atoms with van der Waals surface area (Å²) < 4.78 is 4.87. The second kappa shape index (κ2) is 8.24. The molecule has 1 unspecified atom stereocenters. The molecule has 0 aliphatic heterocycles. The number of rotatable bonds is 6. The molecule has 0 bridgehead atoms. The molecule has 2 nitrogen and oxygen atoms in total. The van der Waals surface area contributed by atoms with E-state index in [2.05, 4.69) is 19.1 Å². The molecule has 3 heteroatoms. The highest BCUT2D eigenvalue weighted by molar-refractivity contribution is 8.01. The fourth-order valence-electron chi connectivity index (χ4n) is 2.68. The molecular formula is C23H22O2S. The normalized spacial score (nSPS) is 13.0. The van der Waals surface area contributed by atoms with Gasteiger partial charge in [0.2, 0.25) is 0 Å². The van der Waals surface area contributed by atoms with Crippen molar-refractivity contribution in [1.29, 1.82) is 0 Å². The minimum Gasteiger partial charge on any atom is -0.460 e. The first kappa shape index (κ1) is 18.3. The quantitative estimate of drug-likeness (QED) is 0.413. The molecule has 3 aromatic rings. The number of hydrogen-bond acceptors (Lipinski definition) is 3. The molecule has 26 heavy (non-hydrogen) atoms. The molecular weight excluding hydrogens is 340 g/mol. The van der Waals surface area contributed by atoms with Crippen LogP contribution in [0.1, 0.15) is 23.6 Å². The molecule has 3 rings (SSSR count). The van der Waals surface area contributed by atoms with Crippen molar-refractivity contribution < 1.29 is 9.53 Å². The highest BCUT2D eigenvalue weighted by atomic mass is 32.2. The number of carbonyl (C=O) groups is 1. The zero-order valence-corrected chi connectivity index (χ0v) is 15.8. The third-order valence-electron chi connectivity index (χ3n) is 4.27. The van der Waals surface area contributed by atoms with Gasteiger partial charge in [0, 0.05) is 4.90 Å². The molecule has 0 radical (unpaired) electrons. The van der Waals surface area contributed by atoms with Crippen LogP contribution in [0, 0.1) is 6.92 Å². The van der Waals surface area contributed by atoms with Crippen molar-refractivity contribution >= 4 is 17.7 Å². The largest absolute Gasteiger partial charge is 0.460 e. The smallest absolute Gasteiger partial charge is 0.327 e. The van der Waals surface area contributed by atoms with E-state index >= 15 is 0 Å². The first-order chi connectivity index (χ1) is 12.6. The van der Waals surface area contributed by atoms with Crippen LogP contribution >= 0.6 is 11.8 Å². The van der Waals surface area contributed by atoms with E-state index in [1.807, 2.05) is 79.7 Å². The zero-order chi connectivity index (χ0) is 18.4. The van der Waals surface area contributed by atoms with E-state index in [9.17, 15) is 4.79 Å². The Bertz CT molecular complexity index is 844. The van der Waals surface area contributed by atoms with E-state index in [1.54, 1.807) is 0 Å². The predicted molar refractivity (Wildman–Crippen MR) is 107 cm³/mol. The van der Waals surface area contributed by atoms with Gasteiger partial charge in [0.25, 0.3) is 0 Å². The third kappa shape index (κ3) is 4.36. The van der Waals surface area contributed by atoms with E-state index in [0.29, 0.717) is 0 Å². The molecule has 0 spiro atoms. The summed E-state index contributed by atoms with van der Waals surface area (Å²) >= 11 is 1.52. The van der Waals surface area contributed by atoms with Crippen molar-refractivity contribution in [3.8, 4) is 0 Å². The molecule has 0 aliphatic rings. The average molecular weight is 362 g/mol. The van der Waals surface area contributed by atoms with Crippen molar-refractivity contribution in [3.63, 3.8) is 0 Å². The molecule has 0 N–H and O–H groups in total. The molecule has 0 heterocycles. The van der Waals surface area contributed by atoms with E-state index in [0.717, 1.165) is 16.0 Å². The van der Waals surface area contributed by atoms with Gasteiger partial charge in [-0.2, -0.15) is 0 Å². The first-order valence-corrected chi connectivity index (χ1v) is 9.42. The van der Waals surface area contributed by atoms with Crippen LogP contribution in [-0.2, 0) is 20.9 Å². The number of benzene rings is 3. The highest BCUT2D eigenvalue weighted by Crippen LogP contribution is 2.42. The Labute approximate surface area is 159 Å². The van der Waals surface area contributed by atoms with Crippen LogP contribution in [0.25, 0.3) is 0 Å². The maximum absolute atomic E-state index is 13.1. The molecule has 132 valence electrons. The third-order valence-corrected chi connectivity index (χ3v) is 5.59. The Morgan fingerprint density at radius 3 is 2.08 bits per heavy atom. The van der Waals surface area contributed by atoms with Crippen LogP contribution in [0.2, 0.25) is 0 Å². The van der Waals surface area contributed by atoms with Gasteiger partial charge in [-0.3, -0.25) is 4.79 Å². The molecule has 0 aliphatic carbocycles. The van der Waals surface area contributed by atoms with E-state index in [1.165, 1.54) is 17.3 Å². The van der Waals surface area contributed by atoms with E-state index in [4.69, 9.17) is 4.74 Å². The van der Waals surface area contributed by atoms with Gasteiger partial charge in [-0.1, -0.05) is 78.4 Å². The zero-order valence-electron chi connectivity index (χ0n) is 15.0. The maximum atomic E-state index is 13.1. The number of ether oxygens (including phenoxy) is 1. The monoisotopic (exact) mass is 362 g/mol. The lowest BCUT2D eigenvalue weighted by Gasteiger charge is -2.27. The van der Waals surface area contributed by atoms with Gasteiger partial charge in [0.05, 0.1) is 0 Å². The van der Waals surface area contributed by atoms with Crippen molar-refractivity contribution in [2.75, 3.05) is 0 Å². The van der Waals surface area contributed by atoms with Crippen LogP contribution in [-0.4, -0.2) is 5.97 Å². The second-order valence-corrected chi connectivity index (χ2v) is 7.87. The topological polar surface area (TPSA) is 26.3 Å². The Balaban J connectivity index is 1.84. The van der Waals surface area contributed by atoms with Gasteiger partial charge in [0.1, 0.15) is 11.4 Å².